The Labute approximate surface area is 188 Å². The van der Waals surface area contributed by atoms with E-state index in [4.69, 9.17) is 5.73 Å². The summed E-state index contributed by atoms with van der Waals surface area (Å²) < 4.78 is 2.24. The molecule has 1 heterocycles. The van der Waals surface area contributed by atoms with E-state index >= 15 is 0 Å². The fourth-order valence-electron chi connectivity index (χ4n) is 4.43. The molecule has 0 saturated carbocycles. The zero-order chi connectivity index (χ0) is 22.7. The molecule has 1 aromatic heterocycles. The SMILES string of the molecule is CCCCCc1ccc2c3c(C(N)=O)cccc3n(Cc3cccc(NC(C)=O)c3)c2c1. The molecule has 3 N–H and O–H groups in total. The number of nitrogens with one attached hydrogen (secondary N) is 1. The minimum atomic E-state index is -0.422. The van der Waals surface area contributed by atoms with Gasteiger partial charge in [-0.15, -0.1) is 0 Å². The molecule has 32 heavy (non-hydrogen) atoms. The zero-order valence-corrected chi connectivity index (χ0v) is 18.7. The highest BCUT2D eigenvalue weighted by Crippen LogP contribution is 2.33. The van der Waals surface area contributed by atoms with Gasteiger partial charge in [-0.2, -0.15) is 0 Å². The fraction of sp³-hybridized carbons (Fsp3) is 0.259. The van der Waals surface area contributed by atoms with E-state index in [1.54, 1.807) is 6.07 Å². The summed E-state index contributed by atoms with van der Waals surface area (Å²) >= 11 is 0. The van der Waals surface area contributed by atoms with Gasteiger partial charge in [-0.25, -0.2) is 0 Å². The quantitative estimate of drug-likeness (QED) is 0.357. The number of primary amides is 1. The van der Waals surface area contributed by atoms with Crippen LogP contribution in [0.1, 0.15) is 54.6 Å². The highest BCUT2D eigenvalue weighted by Gasteiger charge is 2.17. The summed E-state index contributed by atoms with van der Waals surface area (Å²) in [6, 6.07) is 20.1. The van der Waals surface area contributed by atoms with E-state index in [-0.39, 0.29) is 5.91 Å². The molecule has 0 aliphatic heterocycles. The first-order valence-corrected chi connectivity index (χ1v) is 11.2. The summed E-state index contributed by atoms with van der Waals surface area (Å²) in [5.74, 6) is -0.517. The number of carbonyl (C=O) groups is 2. The molecule has 3 aromatic carbocycles. The van der Waals surface area contributed by atoms with Crippen LogP contribution in [0.3, 0.4) is 0 Å². The van der Waals surface area contributed by atoms with E-state index in [1.165, 1.54) is 25.3 Å². The molecule has 0 saturated heterocycles. The van der Waals surface area contributed by atoms with Crippen molar-refractivity contribution in [3.8, 4) is 0 Å². The lowest BCUT2D eigenvalue weighted by Gasteiger charge is -2.11. The summed E-state index contributed by atoms with van der Waals surface area (Å²) in [5, 5.41) is 4.78. The number of hydrogen-bond donors (Lipinski definition) is 2. The third-order valence-electron chi connectivity index (χ3n) is 5.88. The van der Waals surface area contributed by atoms with Crippen LogP contribution in [0.4, 0.5) is 5.69 Å². The number of nitrogens with two attached hydrogens (primary N) is 1. The van der Waals surface area contributed by atoms with Gasteiger partial charge in [-0.1, -0.05) is 50.1 Å². The number of anilines is 1. The van der Waals surface area contributed by atoms with Gasteiger partial charge in [0.15, 0.2) is 0 Å². The number of hydrogen-bond acceptors (Lipinski definition) is 2. The van der Waals surface area contributed by atoms with Crippen molar-refractivity contribution in [2.75, 3.05) is 5.32 Å². The number of fused-ring (bicyclic) bond motifs is 3. The van der Waals surface area contributed by atoms with E-state index in [2.05, 4.69) is 35.0 Å². The van der Waals surface area contributed by atoms with Gasteiger partial charge in [0.1, 0.15) is 0 Å². The minimum absolute atomic E-state index is 0.0955. The molecule has 0 aliphatic rings. The van der Waals surface area contributed by atoms with Gasteiger partial charge in [-0.05, 0) is 54.3 Å². The van der Waals surface area contributed by atoms with Crippen molar-refractivity contribution in [3.63, 3.8) is 0 Å². The molecule has 4 aromatic rings. The Hall–Kier alpha value is -3.60. The molecule has 0 atom stereocenters. The van der Waals surface area contributed by atoms with Gasteiger partial charge in [0.05, 0.1) is 5.52 Å². The van der Waals surface area contributed by atoms with Crippen LogP contribution in [0.2, 0.25) is 0 Å². The van der Waals surface area contributed by atoms with Crippen molar-refractivity contribution < 1.29 is 9.59 Å². The van der Waals surface area contributed by atoms with E-state index < -0.39 is 5.91 Å². The molecule has 0 spiro atoms. The molecule has 5 heteroatoms. The Balaban J connectivity index is 1.86. The van der Waals surface area contributed by atoms with E-state index in [9.17, 15) is 9.59 Å². The van der Waals surface area contributed by atoms with E-state index in [0.29, 0.717) is 12.1 Å². The van der Waals surface area contributed by atoms with Gasteiger partial charge in [0.25, 0.3) is 0 Å². The van der Waals surface area contributed by atoms with Gasteiger partial charge < -0.3 is 15.6 Å². The number of benzene rings is 3. The summed E-state index contributed by atoms with van der Waals surface area (Å²) in [7, 11) is 0. The van der Waals surface area contributed by atoms with Crippen molar-refractivity contribution in [1.82, 2.24) is 4.57 Å². The van der Waals surface area contributed by atoms with Gasteiger partial charge in [0, 0.05) is 41.0 Å². The maximum Gasteiger partial charge on any atom is 0.249 e. The number of carbonyl (C=O) groups excluding carboxylic acids is 2. The average Bonchev–Trinajstić information content (AvgIpc) is 3.07. The topological polar surface area (TPSA) is 77.1 Å². The van der Waals surface area contributed by atoms with Crippen molar-refractivity contribution in [2.45, 2.75) is 46.1 Å². The van der Waals surface area contributed by atoms with E-state index in [1.807, 2.05) is 36.4 Å². The Morgan fingerprint density at radius 3 is 2.50 bits per heavy atom. The third-order valence-corrected chi connectivity index (χ3v) is 5.88. The Kier molecular flexibility index (Phi) is 6.26. The van der Waals surface area contributed by atoms with Gasteiger partial charge in [-0.3, -0.25) is 9.59 Å². The van der Waals surface area contributed by atoms with Gasteiger partial charge in [0.2, 0.25) is 11.8 Å². The van der Waals surface area contributed by atoms with Crippen LogP contribution in [0.15, 0.2) is 60.7 Å². The largest absolute Gasteiger partial charge is 0.366 e. The average molecular weight is 428 g/mol. The summed E-state index contributed by atoms with van der Waals surface area (Å²) in [6.45, 7) is 4.33. The summed E-state index contributed by atoms with van der Waals surface area (Å²) in [5.41, 5.74) is 11.5. The Bertz CT molecular complexity index is 1300. The van der Waals surface area contributed by atoms with Crippen molar-refractivity contribution >= 4 is 39.3 Å². The lowest BCUT2D eigenvalue weighted by Crippen LogP contribution is -2.11. The number of rotatable bonds is 8. The predicted octanol–water partition coefficient (Wildman–Crippen LogP) is 5.63. The number of unbranched alkanes of at least 4 members (excludes halogenated alkanes) is 2. The Morgan fingerprint density at radius 2 is 1.75 bits per heavy atom. The molecule has 0 unspecified atom stereocenters. The lowest BCUT2D eigenvalue weighted by molar-refractivity contribution is -0.114. The lowest BCUT2D eigenvalue weighted by atomic mass is 10.0. The maximum absolute atomic E-state index is 12.2. The van der Waals surface area contributed by atoms with Crippen molar-refractivity contribution in [2.24, 2.45) is 5.73 Å². The molecular weight excluding hydrogens is 398 g/mol. The van der Waals surface area contributed by atoms with Crippen molar-refractivity contribution in [1.29, 1.82) is 0 Å². The molecule has 0 radical (unpaired) electrons. The number of amides is 2. The first kappa shape index (κ1) is 21.6. The zero-order valence-electron chi connectivity index (χ0n) is 18.7. The monoisotopic (exact) mass is 427 g/mol. The second kappa shape index (κ2) is 9.27. The number of nitrogens with zero attached hydrogens (tertiary/aromatic N) is 1. The van der Waals surface area contributed by atoms with Crippen LogP contribution in [-0.2, 0) is 17.8 Å². The molecule has 0 aliphatic carbocycles. The van der Waals surface area contributed by atoms with Gasteiger partial charge >= 0.3 is 0 Å². The fourth-order valence-corrected chi connectivity index (χ4v) is 4.43. The molecule has 0 bridgehead atoms. The van der Waals surface area contributed by atoms with Crippen LogP contribution in [0.5, 0.6) is 0 Å². The molecule has 0 fully saturated rings. The Morgan fingerprint density at radius 1 is 0.938 bits per heavy atom. The first-order valence-electron chi connectivity index (χ1n) is 11.2. The van der Waals surface area contributed by atoms with Crippen LogP contribution in [0.25, 0.3) is 21.8 Å². The van der Waals surface area contributed by atoms with Crippen LogP contribution >= 0.6 is 0 Å². The molecular formula is C27H29N3O2. The molecule has 4 rings (SSSR count). The van der Waals surface area contributed by atoms with Crippen LogP contribution in [-0.4, -0.2) is 16.4 Å². The minimum Gasteiger partial charge on any atom is -0.366 e. The second-order valence-electron chi connectivity index (χ2n) is 8.34. The number of aryl methyl sites for hydroxylation is 1. The summed E-state index contributed by atoms with van der Waals surface area (Å²) in [6.07, 6.45) is 4.59. The molecule has 2 amide bonds. The maximum atomic E-state index is 12.2. The van der Waals surface area contributed by atoms with Crippen LogP contribution in [0, 0.1) is 0 Å². The highest BCUT2D eigenvalue weighted by atomic mass is 16.1. The normalized spacial score (nSPS) is 11.2. The molecule has 164 valence electrons. The smallest absolute Gasteiger partial charge is 0.249 e. The van der Waals surface area contributed by atoms with E-state index in [0.717, 1.165) is 45.9 Å². The second-order valence-corrected chi connectivity index (χ2v) is 8.34. The van der Waals surface area contributed by atoms with Crippen molar-refractivity contribution in [3.05, 3.63) is 77.4 Å². The molecule has 5 nitrogen and oxygen atoms in total. The third kappa shape index (κ3) is 4.37. The van der Waals surface area contributed by atoms with Crippen LogP contribution < -0.4 is 11.1 Å². The number of aromatic nitrogens is 1. The summed E-state index contributed by atoms with van der Waals surface area (Å²) in [4.78, 5) is 23.7. The first-order chi connectivity index (χ1) is 15.5. The predicted molar refractivity (Wildman–Crippen MR) is 131 cm³/mol. The highest BCUT2D eigenvalue weighted by molar-refractivity contribution is 6.18. The standard InChI is InChI=1S/C27H29N3O2/c1-3-4-5-8-19-13-14-22-25(16-19)30(24-12-7-11-23(26(22)24)27(28)32)17-20-9-6-10-21(15-20)29-18(2)31/h6-7,9-16H,3-5,8,17H2,1-2H3,(H2,28,32)(H,29,31).